The SMILES string of the molecule is O=C(CC1=N[C@@]2(c3cc(/C=C(\F)c4ccc(F)cn4)ccc3F)CO[C@H](C(F)(F)F)[C@H]2CS1)c1ccccc1. The highest BCUT2D eigenvalue weighted by Crippen LogP contribution is 2.52. The van der Waals surface area contributed by atoms with E-state index < -0.39 is 47.8 Å². The zero-order valence-corrected chi connectivity index (χ0v) is 20.9. The molecule has 39 heavy (non-hydrogen) atoms. The van der Waals surface area contributed by atoms with Crippen molar-refractivity contribution in [1.82, 2.24) is 4.98 Å². The fourth-order valence-electron chi connectivity index (χ4n) is 4.79. The van der Waals surface area contributed by atoms with Gasteiger partial charge in [0.2, 0.25) is 0 Å². The molecule has 2 aliphatic rings. The number of hydrogen-bond acceptors (Lipinski definition) is 5. The predicted octanol–water partition coefficient (Wildman–Crippen LogP) is 7.02. The van der Waals surface area contributed by atoms with Crippen molar-refractivity contribution in [2.45, 2.75) is 24.2 Å². The number of carbonyl (C=O) groups is 1. The summed E-state index contributed by atoms with van der Waals surface area (Å²) in [6, 6.07) is 14.0. The molecule has 1 fully saturated rings. The molecule has 5 rings (SSSR count). The van der Waals surface area contributed by atoms with Crippen LogP contribution in [0.1, 0.15) is 33.6 Å². The predicted molar refractivity (Wildman–Crippen MR) is 136 cm³/mol. The van der Waals surface area contributed by atoms with Gasteiger partial charge >= 0.3 is 6.18 Å². The molecule has 0 unspecified atom stereocenters. The molecule has 3 atom stereocenters. The van der Waals surface area contributed by atoms with E-state index in [1.165, 1.54) is 12.1 Å². The Bertz CT molecular complexity index is 1440. The number of aliphatic imine (C=N–C) groups is 1. The van der Waals surface area contributed by atoms with Crippen molar-refractivity contribution >= 4 is 34.5 Å². The summed E-state index contributed by atoms with van der Waals surface area (Å²) in [5.41, 5.74) is -1.60. The van der Waals surface area contributed by atoms with Crippen molar-refractivity contribution in [1.29, 1.82) is 0 Å². The van der Waals surface area contributed by atoms with Gasteiger partial charge in [0.25, 0.3) is 0 Å². The van der Waals surface area contributed by atoms with E-state index in [0.29, 0.717) is 5.56 Å². The van der Waals surface area contributed by atoms with Crippen LogP contribution in [0.2, 0.25) is 0 Å². The molecule has 11 heteroatoms. The molecular formula is C28H20F6N2O2S. The molecular weight excluding hydrogens is 542 g/mol. The van der Waals surface area contributed by atoms with Crippen LogP contribution in [0.25, 0.3) is 11.9 Å². The van der Waals surface area contributed by atoms with Gasteiger partial charge in [-0.05, 0) is 35.9 Å². The number of nitrogens with zero attached hydrogens (tertiary/aromatic N) is 2. The van der Waals surface area contributed by atoms with Crippen LogP contribution in [0.3, 0.4) is 0 Å². The number of rotatable bonds is 6. The van der Waals surface area contributed by atoms with Crippen LogP contribution in [-0.4, -0.2) is 40.5 Å². The van der Waals surface area contributed by atoms with Gasteiger partial charge < -0.3 is 4.74 Å². The molecule has 2 aromatic carbocycles. The van der Waals surface area contributed by atoms with Crippen molar-refractivity contribution < 1.29 is 35.9 Å². The van der Waals surface area contributed by atoms with Crippen LogP contribution in [0.5, 0.6) is 0 Å². The number of aromatic nitrogens is 1. The van der Waals surface area contributed by atoms with Gasteiger partial charge in [0.1, 0.15) is 23.0 Å². The van der Waals surface area contributed by atoms with E-state index in [1.54, 1.807) is 30.3 Å². The first kappa shape index (κ1) is 27.1. The topological polar surface area (TPSA) is 51.5 Å². The quantitative estimate of drug-likeness (QED) is 0.239. The van der Waals surface area contributed by atoms with E-state index in [4.69, 9.17) is 4.74 Å². The number of hydrogen-bond donors (Lipinski definition) is 0. The smallest absolute Gasteiger partial charge is 0.365 e. The standard InChI is InChI=1S/C28H20F6N2O2S/c29-18-7-9-23(35-13-18)22(31)11-16-6-8-21(30)19(10-16)27-15-38-26(28(32,33)34)20(27)14-39-25(36-27)12-24(37)17-4-2-1-3-5-17/h1-11,13,20,26H,12,14-15H2/b22-11-/t20-,26+,27-/m1/s1. The Kier molecular flexibility index (Phi) is 7.39. The summed E-state index contributed by atoms with van der Waals surface area (Å²) < 4.78 is 90.2. The lowest BCUT2D eigenvalue weighted by Crippen LogP contribution is -2.45. The zero-order valence-electron chi connectivity index (χ0n) is 20.1. The Morgan fingerprint density at radius 2 is 1.87 bits per heavy atom. The fraction of sp³-hybridized carbons (Fsp3) is 0.250. The maximum atomic E-state index is 15.3. The number of pyridine rings is 1. The van der Waals surface area contributed by atoms with Crippen molar-refractivity contribution in [2.24, 2.45) is 10.9 Å². The Morgan fingerprint density at radius 1 is 1.10 bits per heavy atom. The number of halogens is 6. The molecule has 202 valence electrons. The Hall–Kier alpha value is -3.44. The summed E-state index contributed by atoms with van der Waals surface area (Å²) in [5.74, 6) is -4.03. The average Bonchev–Trinajstić information content (AvgIpc) is 3.31. The van der Waals surface area contributed by atoms with Crippen LogP contribution in [0.4, 0.5) is 26.3 Å². The third-order valence-corrected chi connectivity index (χ3v) is 7.76. The first-order valence-electron chi connectivity index (χ1n) is 11.8. The van der Waals surface area contributed by atoms with E-state index in [-0.39, 0.29) is 39.8 Å². The number of alkyl halides is 3. The number of fused-ring (bicyclic) bond motifs is 1. The van der Waals surface area contributed by atoms with Gasteiger partial charge in [-0.3, -0.25) is 14.8 Å². The number of benzene rings is 2. The van der Waals surface area contributed by atoms with Gasteiger partial charge in [-0.2, -0.15) is 13.2 Å². The molecule has 0 radical (unpaired) electrons. The monoisotopic (exact) mass is 562 g/mol. The Labute approximate surface area is 223 Å². The summed E-state index contributed by atoms with van der Waals surface area (Å²) in [6.07, 6.45) is -5.24. The molecule has 1 aromatic heterocycles. The largest absolute Gasteiger partial charge is 0.415 e. The van der Waals surface area contributed by atoms with Crippen LogP contribution < -0.4 is 0 Å². The van der Waals surface area contributed by atoms with Crippen molar-refractivity contribution in [3.05, 3.63) is 101 Å². The molecule has 0 N–H and O–H groups in total. The number of thioether (sulfide) groups is 1. The van der Waals surface area contributed by atoms with E-state index in [2.05, 4.69) is 9.98 Å². The average molecular weight is 563 g/mol. The molecule has 0 bridgehead atoms. The highest BCUT2D eigenvalue weighted by atomic mass is 32.2. The van der Waals surface area contributed by atoms with E-state index >= 15 is 4.39 Å². The molecule has 0 spiro atoms. The lowest BCUT2D eigenvalue weighted by atomic mass is 9.78. The summed E-state index contributed by atoms with van der Waals surface area (Å²) in [6.45, 7) is -0.572. The number of carbonyl (C=O) groups excluding carboxylic acids is 1. The number of ketones is 1. The number of ether oxygens (including phenoxy) is 1. The molecule has 1 saturated heterocycles. The van der Waals surface area contributed by atoms with Gasteiger partial charge in [-0.25, -0.2) is 13.2 Å². The van der Waals surface area contributed by atoms with Crippen molar-refractivity contribution in [3.63, 3.8) is 0 Å². The maximum absolute atomic E-state index is 15.3. The third-order valence-electron chi connectivity index (χ3n) is 6.67. The second-order valence-corrected chi connectivity index (χ2v) is 10.3. The highest BCUT2D eigenvalue weighted by molar-refractivity contribution is 8.14. The van der Waals surface area contributed by atoms with E-state index in [1.807, 2.05) is 0 Å². The number of Topliss-reactive ketones (excluding diaryl/α,β-unsaturated/α-hetero) is 1. The molecule has 0 amide bonds. The summed E-state index contributed by atoms with van der Waals surface area (Å²) in [5, 5.41) is 0.258. The van der Waals surface area contributed by atoms with Gasteiger partial charge in [-0.1, -0.05) is 36.4 Å². The van der Waals surface area contributed by atoms with Gasteiger partial charge in [0.15, 0.2) is 11.9 Å². The zero-order chi connectivity index (χ0) is 27.8. The molecule has 3 heterocycles. The minimum Gasteiger partial charge on any atom is -0.365 e. The van der Waals surface area contributed by atoms with Gasteiger partial charge in [0.05, 0.1) is 30.0 Å². The van der Waals surface area contributed by atoms with Gasteiger partial charge in [-0.15, -0.1) is 11.8 Å². The lowest BCUT2D eigenvalue weighted by Gasteiger charge is -2.37. The molecule has 0 aliphatic carbocycles. The summed E-state index contributed by atoms with van der Waals surface area (Å²) in [4.78, 5) is 21.0. The van der Waals surface area contributed by atoms with Crippen molar-refractivity contribution in [2.75, 3.05) is 12.4 Å². The highest BCUT2D eigenvalue weighted by Gasteiger charge is 2.62. The molecule has 0 saturated carbocycles. The molecule has 2 aliphatic heterocycles. The first-order chi connectivity index (χ1) is 18.6. The second kappa shape index (κ2) is 10.6. The molecule has 3 aromatic rings. The van der Waals surface area contributed by atoms with Crippen LogP contribution >= 0.6 is 11.8 Å². The minimum atomic E-state index is -4.73. The van der Waals surface area contributed by atoms with Crippen LogP contribution in [-0.2, 0) is 10.3 Å². The summed E-state index contributed by atoms with van der Waals surface area (Å²) >= 11 is 1.01. The first-order valence-corrected chi connectivity index (χ1v) is 12.8. The summed E-state index contributed by atoms with van der Waals surface area (Å²) in [7, 11) is 0. The fourth-order valence-corrected chi connectivity index (χ4v) is 6.07. The Balaban J connectivity index is 1.56. The van der Waals surface area contributed by atoms with Crippen LogP contribution in [0.15, 0.2) is 71.9 Å². The van der Waals surface area contributed by atoms with Crippen molar-refractivity contribution in [3.8, 4) is 0 Å². The Morgan fingerprint density at radius 3 is 2.56 bits per heavy atom. The maximum Gasteiger partial charge on any atom is 0.415 e. The van der Waals surface area contributed by atoms with Crippen LogP contribution in [0, 0.1) is 17.6 Å². The van der Waals surface area contributed by atoms with E-state index in [9.17, 15) is 26.7 Å². The van der Waals surface area contributed by atoms with E-state index in [0.717, 1.165) is 42.2 Å². The normalized spacial score (nSPS) is 23.3. The third kappa shape index (κ3) is 5.51. The lowest BCUT2D eigenvalue weighted by molar-refractivity contribution is -0.215. The molecule has 4 nitrogen and oxygen atoms in total. The second-order valence-electron chi connectivity index (χ2n) is 9.18. The minimum absolute atomic E-state index is 0.113. The van der Waals surface area contributed by atoms with Gasteiger partial charge in [0, 0.05) is 22.8 Å².